The number of carboxylic acids is 1. The molecule has 0 saturated heterocycles. The highest BCUT2D eigenvalue weighted by molar-refractivity contribution is 5.80. The van der Waals surface area contributed by atoms with Gasteiger partial charge in [0.25, 0.3) is 0 Å². The molecule has 0 aliphatic rings. The molecule has 0 radical (unpaired) electrons. The number of hydrogen-bond acceptors (Lipinski definition) is 3. The van der Waals surface area contributed by atoms with Crippen molar-refractivity contribution < 1.29 is 19.5 Å². The number of carbonyl (C=O) groups is 3. The minimum absolute atomic E-state index is 0.0723. The van der Waals surface area contributed by atoms with Gasteiger partial charge in [-0.05, 0) is 18.1 Å². The van der Waals surface area contributed by atoms with E-state index in [-0.39, 0.29) is 31.1 Å². The van der Waals surface area contributed by atoms with Gasteiger partial charge in [-0.25, -0.2) is 0 Å². The highest BCUT2D eigenvalue weighted by atomic mass is 16.4. The van der Waals surface area contributed by atoms with Crippen molar-refractivity contribution in [3.05, 3.63) is 35.4 Å². The first-order chi connectivity index (χ1) is 8.97. The van der Waals surface area contributed by atoms with Crippen LogP contribution in [0.2, 0.25) is 0 Å². The van der Waals surface area contributed by atoms with Crippen molar-refractivity contribution in [3.8, 4) is 0 Å². The number of benzene rings is 1. The Morgan fingerprint density at radius 2 is 1.79 bits per heavy atom. The summed E-state index contributed by atoms with van der Waals surface area (Å²) in [6, 6.07) is 7.27. The lowest BCUT2D eigenvalue weighted by Gasteiger charge is -2.05. The molecule has 1 aromatic carbocycles. The van der Waals surface area contributed by atoms with Crippen LogP contribution in [0.3, 0.4) is 0 Å². The molecule has 102 valence electrons. The molecule has 0 bridgehead atoms. The van der Waals surface area contributed by atoms with Gasteiger partial charge < -0.3 is 10.4 Å². The summed E-state index contributed by atoms with van der Waals surface area (Å²) < 4.78 is 0. The predicted molar refractivity (Wildman–Crippen MR) is 69.8 cm³/mol. The summed E-state index contributed by atoms with van der Waals surface area (Å²) in [5, 5.41) is 11.0. The van der Waals surface area contributed by atoms with Crippen LogP contribution in [0.25, 0.3) is 0 Å². The van der Waals surface area contributed by atoms with E-state index in [0.717, 1.165) is 11.1 Å². The maximum atomic E-state index is 11.6. The molecular weight excluding hydrogens is 246 g/mol. The monoisotopic (exact) mass is 263 g/mol. The van der Waals surface area contributed by atoms with Crippen molar-refractivity contribution in [2.75, 3.05) is 6.54 Å². The van der Waals surface area contributed by atoms with E-state index in [2.05, 4.69) is 5.32 Å². The normalized spacial score (nSPS) is 9.95. The van der Waals surface area contributed by atoms with Crippen LogP contribution in [0.15, 0.2) is 24.3 Å². The molecule has 0 saturated carbocycles. The standard InChI is InChI=1S/C14H17NO4/c1-10(16)7-11-3-2-4-12(8-11)9-13(17)15-6-5-14(18)19/h2-4,8H,5-7,9H2,1H3,(H,15,17)(H,18,19). The lowest BCUT2D eigenvalue weighted by Crippen LogP contribution is -2.27. The van der Waals surface area contributed by atoms with Crippen molar-refractivity contribution in [2.24, 2.45) is 0 Å². The Bertz CT molecular complexity index is 482. The number of aliphatic carboxylic acids is 1. The van der Waals surface area contributed by atoms with Crippen LogP contribution in [0.5, 0.6) is 0 Å². The molecule has 19 heavy (non-hydrogen) atoms. The van der Waals surface area contributed by atoms with Gasteiger partial charge in [0.1, 0.15) is 5.78 Å². The largest absolute Gasteiger partial charge is 0.481 e. The minimum atomic E-state index is -0.941. The zero-order valence-corrected chi connectivity index (χ0v) is 10.8. The summed E-state index contributed by atoms with van der Waals surface area (Å²) in [5.74, 6) is -1.09. The van der Waals surface area contributed by atoms with Gasteiger partial charge in [0, 0.05) is 13.0 Å². The summed E-state index contributed by atoms with van der Waals surface area (Å²) in [4.78, 5) is 32.9. The van der Waals surface area contributed by atoms with Gasteiger partial charge in [-0.2, -0.15) is 0 Å². The van der Waals surface area contributed by atoms with Gasteiger partial charge in [0.2, 0.25) is 5.91 Å². The molecule has 0 heterocycles. The van der Waals surface area contributed by atoms with E-state index in [1.165, 1.54) is 6.92 Å². The number of hydrogen-bond donors (Lipinski definition) is 2. The summed E-state index contributed by atoms with van der Waals surface area (Å²) in [5.41, 5.74) is 1.69. The molecule has 0 spiro atoms. The van der Waals surface area contributed by atoms with Crippen LogP contribution in [-0.4, -0.2) is 29.3 Å². The average Bonchev–Trinajstić information content (AvgIpc) is 2.27. The third kappa shape index (κ3) is 6.35. The first kappa shape index (κ1) is 14.9. The van der Waals surface area contributed by atoms with Gasteiger partial charge >= 0.3 is 5.97 Å². The second-order valence-electron chi connectivity index (χ2n) is 4.37. The lowest BCUT2D eigenvalue weighted by molar-refractivity contribution is -0.137. The number of carbonyl (C=O) groups excluding carboxylic acids is 2. The molecule has 2 N–H and O–H groups in total. The second-order valence-corrected chi connectivity index (χ2v) is 4.37. The molecule has 0 fully saturated rings. The molecule has 1 amide bonds. The average molecular weight is 263 g/mol. The van der Waals surface area contributed by atoms with Gasteiger partial charge in [-0.1, -0.05) is 24.3 Å². The van der Waals surface area contributed by atoms with E-state index in [1.54, 1.807) is 12.1 Å². The predicted octanol–water partition coefficient (Wildman–Crippen LogP) is 0.951. The van der Waals surface area contributed by atoms with Crippen molar-refractivity contribution >= 4 is 17.7 Å². The van der Waals surface area contributed by atoms with Gasteiger partial charge in [0.05, 0.1) is 12.8 Å². The third-order valence-electron chi connectivity index (χ3n) is 2.47. The minimum Gasteiger partial charge on any atom is -0.481 e. The highest BCUT2D eigenvalue weighted by Gasteiger charge is 2.05. The molecule has 0 aliphatic heterocycles. The smallest absolute Gasteiger partial charge is 0.305 e. The summed E-state index contributed by atoms with van der Waals surface area (Å²) in [7, 11) is 0. The first-order valence-electron chi connectivity index (χ1n) is 6.03. The molecule has 5 nitrogen and oxygen atoms in total. The Balaban J connectivity index is 2.49. The van der Waals surface area contributed by atoms with Crippen molar-refractivity contribution in [3.63, 3.8) is 0 Å². The Kier molecular flexibility index (Phi) is 5.73. The Labute approximate surface area is 111 Å². The maximum Gasteiger partial charge on any atom is 0.305 e. The number of nitrogens with one attached hydrogen (secondary N) is 1. The van der Waals surface area contributed by atoms with Crippen LogP contribution >= 0.6 is 0 Å². The SMILES string of the molecule is CC(=O)Cc1cccc(CC(=O)NCCC(=O)O)c1. The fourth-order valence-corrected chi connectivity index (χ4v) is 1.69. The van der Waals surface area contributed by atoms with Gasteiger partial charge in [0.15, 0.2) is 0 Å². The molecule has 0 unspecified atom stereocenters. The van der Waals surface area contributed by atoms with Crippen molar-refractivity contribution in [2.45, 2.75) is 26.2 Å². The summed E-state index contributed by atoms with van der Waals surface area (Å²) in [6.07, 6.45) is 0.454. The Morgan fingerprint density at radius 1 is 1.16 bits per heavy atom. The summed E-state index contributed by atoms with van der Waals surface area (Å²) in [6.45, 7) is 1.65. The van der Waals surface area contributed by atoms with Gasteiger partial charge in [-0.3, -0.25) is 14.4 Å². The second kappa shape index (κ2) is 7.31. The van der Waals surface area contributed by atoms with E-state index >= 15 is 0 Å². The third-order valence-corrected chi connectivity index (χ3v) is 2.47. The number of rotatable bonds is 7. The van der Waals surface area contributed by atoms with Crippen molar-refractivity contribution in [1.82, 2.24) is 5.32 Å². The lowest BCUT2D eigenvalue weighted by atomic mass is 10.0. The van der Waals surface area contributed by atoms with E-state index in [0.29, 0.717) is 6.42 Å². The number of ketones is 1. The van der Waals surface area contributed by atoms with Crippen LogP contribution in [0, 0.1) is 0 Å². The van der Waals surface area contributed by atoms with Crippen LogP contribution < -0.4 is 5.32 Å². The zero-order chi connectivity index (χ0) is 14.3. The molecule has 1 aromatic rings. The number of Topliss-reactive ketones (excluding diaryl/α,β-unsaturated/α-hetero) is 1. The fraction of sp³-hybridized carbons (Fsp3) is 0.357. The van der Waals surface area contributed by atoms with E-state index < -0.39 is 5.97 Å². The van der Waals surface area contributed by atoms with Crippen LogP contribution in [-0.2, 0) is 27.2 Å². The van der Waals surface area contributed by atoms with E-state index in [9.17, 15) is 14.4 Å². The zero-order valence-electron chi connectivity index (χ0n) is 10.8. The first-order valence-corrected chi connectivity index (χ1v) is 6.03. The summed E-state index contributed by atoms with van der Waals surface area (Å²) >= 11 is 0. The topological polar surface area (TPSA) is 83.5 Å². The maximum absolute atomic E-state index is 11.6. The van der Waals surface area contributed by atoms with Crippen LogP contribution in [0.4, 0.5) is 0 Å². The quantitative estimate of drug-likeness (QED) is 0.767. The fourth-order valence-electron chi connectivity index (χ4n) is 1.69. The molecule has 0 aromatic heterocycles. The molecule has 0 aliphatic carbocycles. The van der Waals surface area contributed by atoms with Crippen molar-refractivity contribution in [1.29, 1.82) is 0 Å². The van der Waals surface area contributed by atoms with Gasteiger partial charge in [-0.15, -0.1) is 0 Å². The molecule has 1 rings (SSSR count). The number of carboxylic acid groups (broad SMARTS) is 1. The molecular formula is C14H17NO4. The van der Waals surface area contributed by atoms with E-state index in [1.807, 2.05) is 12.1 Å². The molecule has 0 atom stereocenters. The Morgan fingerprint density at radius 3 is 2.37 bits per heavy atom. The molecule has 5 heteroatoms. The Hall–Kier alpha value is -2.17. The van der Waals surface area contributed by atoms with Crippen LogP contribution in [0.1, 0.15) is 24.5 Å². The van der Waals surface area contributed by atoms with E-state index in [4.69, 9.17) is 5.11 Å². The number of amides is 1. The highest BCUT2D eigenvalue weighted by Crippen LogP contribution is 2.07.